The summed E-state index contributed by atoms with van der Waals surface area (Å²) in [7, 11) is 1.56. The van der Waals surface area contributed by atoms with Crippen molar-refractivity contribution in [1.29, 1.82) is 0 Å². The van der Waals surface area contributed by atoms with Gasteiger partial charge in [-0.1, -0.05) is 12.5 Å². The molecular formula is C12H19NO2. The van der Waals surface area contributed by atoms with Crippen LogP contribution in [0.25, 0.3) is 0 Å². The highest BCUT2D eigenvalue weighted by Gasteiger charge is 2.02. The number of hydrogen-bond donors (Lipinski definition) is 2. The van der Waals surface area contributed by atoms with Gasteiger partial charge in [0.25, 0.3) is 0 Å². The van der Waals surface area contributed by atoms with Gasteiger partial charge in [0.15, 0.2) is 11.5 Å². The highest BCUT2D eigenvalue weighted by molar-refractivity contribution is 5.41. The zero-order chi connectivity index (χ0) is 11.1. The average Bonchev–Trinajstić information content (AvgIpc) is 2.26. The fourth-order valence-electron chi connectivity index (χ4n) is 1.53. The van der Waals surface area contributed by atoms with Crippen LogP contribution in [0.4, 0.5) is 0 Å². The molecule has 0 heterocycles. The number of phenolic OH excluding ortho intramolecular Hbond substituents is 1. The standard InChI is InChI=1S/C12H19NO2/c1-15-12-9-10(6-7-11(12)14)5-3-2-4-8-13/h6-7,9,14H,2-5,8,13H2,1H3. The Bertz CT molecular complexity index is 300. The molecule has 0 unspecified atom stereocenters. The van der Waals surface area contributed by atoms with E-state index in [1.807, 2.05) is 12.1 Å². The molecule has 1 aromatic rings. The highest BCUT2D eigenvalue weighted by Crippen LogP contribution is 2.26. The third-order valence-electron chi connectivity index (χ3n) is 2.41. The SMILES string of the molecule is COc1cc(CCCCCN)ccc1O. The monoisotopic (exact) mass is 209 g/mol. The number of benzene rings is 1. The summed E-state index contributed by atoms with van der Waals surface area (Å²) in [6.45, 7) is 0.763. The summed E-state index contributed by atoms with van der Waals surface area (Å²) in [5.41, 5.74) is 6.62. The van der Waals surface area contributed by atoms with Crippen LogP contribution in [0.1, 0.15) is 24.8 Å². The molecule has 0 aliphatic rings. The van der Waals surface area contributed by atoms with E-state index in [0.717, 1.165) is 32.2 Å². The first-order valence-corrected chi connectivity index (χ1v) is 5.34. The number of rotatable bonds is 6. The molecule has 0 aromatic heterocycles. The van der Waals surface area contributed by atoms with Crippen LogP contribution in [-0.2, 0) is 6.42 Å². The molecule has 84 valence electrons. The van der Waals surface area contributed by atoms with E-state index in [-0.39, 0.29) is 5.75 Å². The van der Waals surface area contributed by atoms with Crippen LogP contribution >= 0.6 is 0 Å². The Morgan fingerprint density at radius 3 is 2.73 bits per heavy atom. The molecule has 0 aliphatic heterocycles. The average molecular weight is 209 g/mol. The third kappa shape index (κ3) is 3.80. The van der Waals surface area contributed by atoms with Crippen LogP contribution in [0.15, 0.2) is 18.2 Å². The van der Waals surface area contributed by atoms with Gasteiger partial charge in [-0.25, -0.2) is 0 Å². The maximum atomic E-state index is 9.40. The van der Waals surface area contributed by atoms with Crippen molar-refractivity contribution >= 4 is 0 Å². The Morgan fingerprint density at radius 2 is 2.07 bits per heavy atom. The van der Waals surface area contributed by atoms with Crippen molar-refractivity contribution in [3.05, 3.63) is 23.8 Å². The second-order valence-corrected chi connectivity index (χ2v) is 3.61. The van der Waals surface area contributed by atoms with Gasteiger partial charge in [-0.3, -0.25) is 0 Å². The van der Waals surface area contributed by atoms with Crippen LogP contribution in [0.2, 0.25) is 0 Å². The van der Waals surface area contributed by atoms with Crippen LogP contribution in [0.5, 0.6) is 11.5 Å². The third-order valence-corrected chi connectivity index (χ3v) is 2.41. The fraction of sp³-hybridized carbons (Fsp3) is 0.500. The molecule has 1 rings (SSSR count). The summed E-state index contributed by atoms with van der Waals surface area (Å²) < 4.78 is 5.04. The Balaban J connectivity index is 2.47. The van der Waals surface area contributed by atoms with E-state index in [0.29, 0.717) is 5.75 Å². The molecule has 0 amide bonds. The van der Waals surface area contributed by atoms with Crippen LogP contribution in [0.3, 0.4) is 0 Å². The van der Waals surface area contributed by atoms with Crippen LogP contribution in [0, 0.1) is 0 Å². The van der Waals surface area contributed by atoms with E-state index < -0.39 is 0 Å². The lowest BCUT2D eigenvalue weighted by Gasteiger charge is -2.06. The molecule has 15 heavy (non-hydrogen) atoms. The second-order valence-electron chi connectivity index (χ2n) is 3.61. The predicted molar refractivity (Wildman–Crippen MR) is 61.3 cm³/mol. The Kier molecular flexibility index (Phi) is 4.98. The number of aryl methyl sites for hydroxylation is 1. The number of phenols is 1. The minimum absolute atomic E-state index is 0.197. The van der Waals surface area contributed by atoms with E-state index in [1.165, 1.54) is 5.56 Å². The Labute approximate surface area is 90.9 Å². The number of hydrogen-bond acceptors (Lipinski definition) is 3. The van der Waals surface area contributed by atoms with Crippen molar-refractivity contribution in [3.63, 3.8) is 0 Å². The molecule has 0 bridgehead atoms. The maximum absolute atomic E-state index is 9.40. The molecule has 1 aromatic carbocycles. The summed E-state index contributed by atoms with van der Waals surface area (Å²) in [5.74, 6) is 0.745. The van der Waals surface area contributed by atoms with Crippen LogP contribution in [-0.4, -0.2) is 18.8 Å². The lowest BCUT2D eigenvalue weighted by Crippen LogP contribution is -1.98. The van der Waals surface area contributed by atoms with Crippen molar-refractivity contribution in [2.45, 2.75) is 25.7 Å². The lowest BCUT2D eigenvalue weighted by atomic mass is 10.1. The van der Waals surface area contributed by atoms with Gasteiger partial charge in [-0.2, -0.15) is 0 Å². The van der Waals surface area contributed by atoms with Gasteiger partial charge in [0, 0.05) is 0 Å². The van der Waals surface area contributed by atoms with Gasteiger partial charge in [-0.05, 0) is 43.5 Å². The predicted octanol–water partition coefficient (Wildman–Crippen LogP) is 2.07. The summed E-state index contributed by atoms with van der Waals surface area (Å²) in [6, 6.07) is 5.50. The molecule has 3 N–H and O–H groups in total. The summed E-state index contributed by atoms with van der Waals surface area (Å²) in [4.78, 5) is 0. The van der Waals surface area contributed by atoms with E-state index in [4.69, 9.17) is 10.5 Å². The first-order chi connectivity index (χ1) is 7.27. The summed E-state index contributed by atoms with van der Waals surface area (Å²) in [5, 5.41) is 9.40. The first-order valence-electron chi connectivity index (χ1n) is 5.34. The maximum Gasteiger partial charge on any atom is 0.160 e. The Morgan fingerprint density at radius 1 is 1.27 bits per heavy atom. The summed E-state index contributed by atoms with van der Waals surface area (Å²) in [6.07, 6.45) is 4.37. The van der Waals surface area contributed by atoms with Gasteiger partial charge in [0.1, 0.15) is 0 Å². The van der Waals surface area contributed by atoms with Gasteiger partial charge in [-0.15, -0.1) is 0 Å². The molecular weight excluding hydrogens is 190 g/mol. The molecule has 3 heteroatoms. The van der Waals surface area contributed by atoms with Gasteiger partial charge < -0.3 is 15.6 Å². The highest BCUT2D eigenvalue weighted by atomic mass is 16.5. The van der Waals surface area contributed by atoms with Crippen molar-refractivity contribution < 1.29 is 9.84 Å². The number of methoxy groups -OCH3 is 1. The molecule has 0 aliphatic carbocycles. The summed E-state index contributed by atoms with van der Waals surface area (Å²) >= 11 is 0. The smallest absolute Gasteiger partial charge is 0.160 e. The van der Waals surface area contributed by atoms with Crippen molar-refractivity contribution in [2.75, 3.05) is 13.7 Å². The molecule has 3 nitrogen and oxygen atoms in total. The fourth-order valence-corrected chi connectivity index (χ4v) is 1.53. The van der Waals surface area contributed by atoms with Gasteiger partial charge >= 0.3 is 0 Å². The number of nitrogens with two attached hydrogens (primary N) is 1. The van der Waals surface area contributed by atoms with Crippen molar-refractivity contribution in [1.82, 2.24) is 0 Å². The van der Waals surface area contributed by atoms with Crippen LogP contribution < -0.4 is 10.5 Å². The topological polar surface area (TPSA) is 55.5 Å². The Hall–Kier alpha value is -1.22. The van der Waals surface area contributed by atoms with Gasteiger partial charge in [0.05, 0.1) is 7.11 Å². The van der Waals surface area contributed by atoms with E-state index in [1.54, 1.807) is 13.2 Å². The molecule has 0 saturated heterocycles. The minimum atomic E-state index is 0.197. The minimum Gasteiger partial charge on any atom is -0.504 e. The second kappa shape index (κ2) is 6.30. The number of unbranched alkanes of at least 4 members (excludes halogenated alkanes) is 2. The van der Waals surface area contributed by atoms with E-state index in [9.17, 15) is 5.11 Å². The molecule has 0 atom stereocenters. The largest absolute Gasteiger partial charge is 0.504 e. The van der Waals surface area contributed by atoms with E-state index in [2.05, 4.69) is 0 Å². The van der Waals surface area contributed by atoms with Gasteiger partial charge in [0.2, 0.25) is 0 Å². The molecule has 0 fully saturated rings. The number of ether oxygens (including phenoxy) is 1. The molecule has 0 saturated carbocycles. The molecule has 0 radical (unpaired) electrons. The molecule has 0 spiro atoms. The lowest BCUT2D eigenvalue weighted by molar-refractivity contribution is 0.373. The van der Waals surface area contributed by atoms with Crippen molar-refractivity contribution in [3.8, 4) is 11.5 Å². The normalized spacial score (nSPS) is 10.3. The zero-order valence-electron chi connectivity index (χ0n) is 9.20. The van der Waals surface area contributed by atoms with Crippen molar-refractivity contribution in [2.24, 2.45) is 5.73 Å². The van der Waals surface area contributed by atoms with E-state index >= 15 is 0 Å². The zero-order valence-corrected chi connectivity index (χ0v) is 9.20. The first kappa shape index (κ1) is 11.9. The quantitative estimate of drug-likeness (QED) is 0.705. The number of aromatic hydroxyl groups is 1.